The first-order chi connectivity index (χ1) is 9.78. The van der Waals surface area contributed by atoms with E-state index >= 15 is 0 Å². The summed E-state index contributed by atoms with van der Waals surface area (Å²) in [6, 6.07) is 21.0. The van der Waals surface area contributed by atoms with Crippen LogP contribution in [-0.2, 0) is 16.8 Å². The first-order valence-corrected chi connectivity index (χ1v) is 7.60. The maximum Gasteiger partial charge on any atom is 0.0985 e. The van der Waals surface area contributed by atoms with Crippen LogP contribution in [0, 0.1) is 0 Å². The molecule has 0 amide bonds. The highest BCUT2D eigenvalue weighted by Crippen LogP contribution is 2.39. The number of ether oxygens (including phenoxy) is 1. The summed E-state index contributed by atoms with van der Waals surface area (Å²) in [5.74, 6) is 0. The van der Waals surface area contributed by atoms with Gasteiger partial charge in [-0.2, -0.15) is 0 Å². The second-order valence-corrected chi connectivity index (χ2v) is 6.08. The molecule has 0 saturated carbocycles. The van der Waals surface area contributed by atoms with Gasteiger partial charge in [0.25, 0.3) is 0 Å². The Hall–Kier alpha value is -1.31. The molecule has 2 aromatic rings. The Morgan fingerprint density at radius 3 is 2.30 bits per heavy atom. The standard InChI is InChI=1S/C18H19ClO/c19-17-11-12-20-18(14-17,16-9-5-2-6-10-16)13-15-7-3-1-4-8-15/h1-10,17H,11-14H2. The van der Waals surface area contributed by atoms with Crippen LogP contribution in [0.15, 0.2) is 60.7 Å². The predicted octanol–water partition coefficient (Wildman–Crippen LogP) is 4.54. The van der Waals surface area contributed by atoms with E-state index in [-0.39, 0.29) is 11.0 Å². The van der Waals surface area contributed by atoms with Crippen molar-refractivity contribution in [1.82, 2.24) is 0 Å². The topological polar surface area (TPSA) is 9.23 Å². The Balaban J connectivity index is 1.95. The highest BCUT2D eigenvalue weighted by atomic mass is 35.5. The van der Waals surface area contributed by atoms with E-state index in [9.17, 15) is 0 Å². The van der Waals surface area contributed by atoms with E-state index in [1.54, 1.807) is 0 Å². The third-order valence-electron chi connectivity index (χ3n) is 3.99. The normalized spacial score (nSPS) is 26.4. The molecule has 2 heteroatoms. The van der Waals surface area contributed by atoms with Crippen LogP contribution in [0.4, 0.5) is 0 Å². The van der Waals surface area contributed by atoms with E-state index in [1.165, 1.54) is 11.1 Å². The van der Waals surface area contributed by atoms with Crippen LogP contribution in [-0.4, -0.2) is 12.0 Å². The van der Waals surface area contributed by atoms with E-state index in [4.69, 9.17) is 16.3 Å². The van der Waals surface area contributed by atoms with Crippen molar-refractivity contribution in [2.75, 3.05) is 6.61 Å². The van der Waals surface area contributed by atoms with E-state index in [0.717, 1.165) is 25.9 Å². The maximum absolute atomic E-state index is 6.44. The maximum atomic E-state index is 6.44. The molecule has 2 aromatic carbocycles. The van der Waals surface area contributed by atoms with Crippen molar-refractivity contribution in [2.45, 2.75) is 30.2 Å². The lowest BCUT2D eigenvalue weighted by Crippen LogP contribution is -2.39. The van der Waals surface area contributed by atoms with E-state index in [1.807, 2.05) is 12.1 Å². The summed E-state index contributed by atoms with van der Waals surface area (Å²) in [4.78, 5) is 0. The van der Waals surface area contributed by atoms with Gasteiger partial charge in [-0.3, -0.25) is 0 Å². The smallest absolute Gasteiger partial charge is 0.0985 e. The third-order valence-corrected chi connectivity index (χ3v) is 4.37. The molecule has 1 aliphatic heterocycles. The van der Waals surface area contributed by atoms with Crippen molar-refractivity contribution in [2.24, 2.45) is 0 Å². The molecule has 2 unspecified atom stereocenters. The monoisotopic (exact) mass is 286 g/mol. The lowest BCUT2D eigenvalue weighted by atomic mass is 9.81. The average molecular weight is 287 g/mol. The van der Waals surface area contributed by atoms with Crippen LogP contribution in [0.1, 0.15) is 24.0 Å². The molecular weight excluding hydrogens is 268 g/mol. The summed E-state index contributed by atoms with van der Waals surface area (Å²) in [6.07, 6.45) is 2.68. The van der Waals surface area contributed by atoms with E-state index in [2.05, 4.69) is 48.5 Å². The highest BCUT2D eigenvalue weighted by molar-refractivity contribution is 6.20. The van der Waals surface area contributed by atoms with Crippen molar-refractivity contribution in [3.63, 3.8) is 0 Å². The van der Waals surface area contributed by atoms with Gasteiger partial charge in [-0.25, -0.2) is 0 Å². The second kappa shape index (κ2) is 5.99. The summed E-state index contributed by atoms with van der Waals surface area (Å²) >= 11 is 6.44. The minimum atomic E-state index is -0.284. The van der Waals surface area contributed by atoms with Crippen molar-refractivity contribution in [3.8, 4) is 0 Å². The fourth-order valence-electron chi connectivity index (χ4n) is 2.99. The molecule has 0 radical (unpaired) electrons. The molecule has 0 aliphatic carbocycles. The van der Waals surface area contributed by atoms with Gasteiger partial charge in [-0.1, -0.05) is 60.7 Å². The molecule has 104 valence electrons. The van der Waals surface area contributed by atoms with Crippen LogP contribution in [0.25, 0.3) is 0 Å². The first kappa shape index (κ1) is 13.7. The molecule has 0 spiro atoms. The minimum Gasteiger partial charge on any atom is -0.370 e. The van der Waals surface area contributed by atoms with Crippen molar-refractivity contribution < 1.29 is 4.74 Å². The average Bonchev–Trinajstić information content (AvgIpc) is 2.49. The molecule has 1 saturated heterocycles. The number of hydrogen-bond acceptors (Lipinski definition) is 1. The molecule has 3 rings (SSSR count). The SMILES string of the molecule is ClC1CCOC(Cc2ccccc2)(c2ccccc2)C1. The molecule has 0 bridgehead atoms. The fourth-order valence-corrected chi connectivity index (χ4v) is 3.33. The van der Waals surface area contributed by atoms with Gasteiger partial charge < -0.3 is 4.74 Å². The van der Waals surface area contributed by atoms with Gasteiger partial charge in [0.1, 0.15) is 0 Å². The molecule has 1 heterocycles. The number of alkyl halides is 1. The number of hydrogen-bond donors (Lipinski definition) is 0. The Morgan fingerprint density at radius 1 is 1.00 bits per heavy atom. The van der Waals surface area contributed by atoms with Gasteiger partial charge in [-0.15, -0.1) is 11.6 Å². The molecule has 0 aromatic heterocycles. The molecule has 1 aliphatic rings. The zero-order valence-electron chi connectivity index (χ0n) is 11.5. The predicted molar refractivity (Wildman–Crippen MR) is 83.1 cm³/mol. The quantitative estimate of drug-likeness (QED) is 0.753. The van der Waals surface area contributed by atoms with Crippen molar-refractivity contribution >= 4 is 11.6 Å². The van der Waals surface area contributed by atoms with Crippen LogP contribution in [0.3, 0.4) is 0 Å². The minimum absolute atomic E-state index is 0.188. The summed E-state index contributed by atoms with van der Waals surface area (Å²) in [5.41, 5.74) is 2.24. The Bertz CT molecular complexity index is 540. The number of benzene rings is 2. The molecule has 2 atom stereocenters. The van der Waals surface area contributed by atoms with Gasteiger partial charge in [0.15, 0.2) is 0 Å². The summed E-state index contributed by atoms with van der Waals surface area (Å²) < 4.78 is 6.24. The van der Waals surface area contributed by atoms with Crippen LogP contribution in [0.5, 0.6) is 0 Å². The molecular formula is C18H19ClO. The van der Waals surface area contributed by atoms with Crippen LogP contribution < -0.4 is 0 Å². The van der Waals surface area contributed by atoms with Gasteiger partial charge in [0, 0.05) is 18.4 Å². The second-order valence-electron chi connectivity index (χ2n) is 5.46. The first-order valence-electron chi connectivity index (χ1n) is 7.16. The molecule has 20 heavy (non-hydrogen) atoms. The number of rotatable bonds is 3. The van der Waals surface area contributed by atoms with Gasteiger partial charge in [0.05, 0.1) is 5.60 Å². The van der Waals surface area contributed by atoms with E-state index < -0.39 is 0 Å². The summed E-state index contributed by atoms with van der Waals surface area (Å²) in [7, 11) is 0. The van der Waals surface area contributed by atoms with Crippen LogP contribution >= 0.6 is 11.6 Å². The zero-order chi connectivity index (χ0) is 13.8. The third kappa shape index (κ3) is 2.89. The van der Waals surface area contributed by atoms with Crippen molar-refractivity contribution in [1.29, 1.82) is 0 Å². The lowest BCUT2D eigenvalue weighted by molar-refractivity contribution is -0.0819. The summed E-state index contributed by atoms with van der Waals surface area (Å²) in [6.45, 7) is 0.732. The fraction of sp³-hybridized carbons (Fsp3) is 0.333. The Kier molecular flexibility index (Phi) is 4.09. The zero-order valence-corrected chi connectivity index (χ0v) is 12.2. The summed E-state index contributed by atoms with van der Waals surface area (Å²) in [5, 5.41) is 0.188. The Labute approximate surface area is 125 Å². The van der Waals surface area contributed by atoms with Crippen LogP contribution in [0.2, 0.25) is 0 Å². The molecule has 0 N–H and O–H groups in total. The Morgan fingerprint density at radius 2 is 1.65 bits per heavy atom. The van der Waals surface area contributed by atoms with E-state index in [0.29, 0.717) is 0 Å². The largest absolute Gasteiger partial charge is 0.370 e. The molecule has 1 nitrogen and oxygen atoms in total. The number of halogens is 1. The van der Waals surface area contributed by atoms with Gasteiger partial charge in [0.2, 0.25) is 0 Å². The highest BCUT2D eigenvalue weighted by Gasteiger charge is 2.38. The molecule has 1 fully saturated rings. The van der Waals surface area contributed by atoms with Gasteiger partial charge in [-0.05, 0) is 24.0 Å². The van der Waals surface area contributed by atoms with Crippen molar-refractivity contribution in [3.05, 3.63) is 71.8 Å². The van der Waals surface area contributed by atoms with Gasteiger partial charge >= 0.3 is 0 Å². The lowest BCUT2D eigenvalue weighted by Gasteiger charge is -2.40.